The molecule has 0 unspecified atom stereocenters. The van der Waals surface area contributed by atoms with Crippen LogP contribution in [0.2, 0.25) is 0 Å². The topological polar surface area (TPSA) is 46.3 Å². The fraction of sp³-hybridized carbons (Fsp3) is 0.462. The highest BCUT2D eigenvalue weighted by atomic mass is 19.1. The molecule has 1 saturated carbocycles. The van der Waals surface area contributed by atoms with E-state index in [9.17, 15) is 9.18 Å². The van der Waals surface area contributed by atoms with Gasteiger partial charge in [0.05, 0.1) is 6.04 Å². The number of nitrogens with two attached hydrogens (primary N) is 1. The summed E-state index contributed by atoms with van der Waals surface area (Å²) in [5.74, 6) is -0.330. The van der Waals surface area contributed by atoms with E-state index in [0.717, 1.165) is 18.4 Å². The lowest BCUT2D eigenvalue weighted by atomic mass is 10.2. The van der Waals surface area contributed by atoms with Crippen LogP contribution in [0, 0.1) is 5.82 Å². The van der Waals surface area contributed by atoms with Crippen molar-refractivity contribution in [2.24, 2.45) is 5.73 Å². The second-order valence-corrected chi connectivity index (χ2v) is 4.62. The molecule has 17 heavy (non-hydrogen) atoms. The minimum atomic E-state index is -0.496. The largest absolute Gasteiger partial charge is 0.334 e. The molecule has 0 bridgehead atoms. The van der Waals surface area contributed by atoms with E-state index in [1.54, 1.807) is 17.9 Å². The lowest BCUT2D eigenvalue weighted by Crippen LogP contribution is -2.42. The van der Waals surface area contributed by atoms with E-state index < -0.39 is 6.04 Å². The van der Waals surface area contributed by atoms with Gasteiger partial charge in [-0.15, -0.1) is 0 Å². The Hall–Kier alpha value is -1.42. The fourth-order valence-corrected chi connectivity index (χ4v) is 1.87. The molecule has 2 N–H and O–H groups in total. The maximum Gasteiger partial charge on any atom is 0.239 e. The Kier molecular flexibility index (Phi) is 3.43. The van der Waals surface area contributed by atoms with Crippen LogP contribution < -0.4 is 5.73 Å². The Morgan fingerprint density at radius 3 is 2.82 bits per heavy atom. The number of halogens is 1. The van der Waals surface area contributed by atoms with E-state index >= 15 is 0 Å². The molecule has 2 rings (SSSR count). The van der Waals surface area contributed by atoms with Crippen molar-refractivity contribution in [2.75, 3.05) is 0 Å². The molecule has 1 aliphatic carbocycles. The first-order valence-corrected chi connectivity index (χ1v) is 5.88. The summed E-state index contributed by atoms with van der Waals surface area (Å²) < 4.78 is 13.1. The first-order valence-electron chi connectivity index (χ1n) is 5.88. The summed E-state index contributed by atoms with van der Waals surface area (Å²) in [6.45, 7) is 2.13. The van der Waals surface area contributed by atoms with E-state index in [1.165, 1.54) is 12.1 Å². The second kappa shape index (κ2) is 4.84. The molecule has 4 heteroatoms. The zero-order chi connectivity index (χ0) is 12.4. The molecule has 0 heterocycles. The zero-order valence-electron chi connectivity index (χ0n) is 9.90. The minimum Gasteiger partial charge on any atom is -0.334 e. The number of hydrogen-bond acceptors (Lipinski definition) is 2. The number of carbonyl (C=O) groups is 1. The van der Waals surface area contributed by atoms with Crippen molar-refractivity contribution < 1.29 is 9.18 Å². The maximum atomic E-state index is 13.1. The van der Waals surface area contributed by atoms with E-state index in [0.29, 0.717) is 6.54 Å². The predicted molar refractivity (Wildman–Crippen MR) is 63.6 cm³/mol. The van der Waals surface area contributed by atoms with Crippen LogP contribution in [-0.4, -0.2) is 22.9 Å². The van der Waals surface area contributed by atoms with Gasteiger partial charge in [0, 0.05) is 12.6 Å². The van der Waals surface area contributed by atoms with Gasteiger partial charge in [0.15, 0.2) is 0 Å². The molecular formula is C13H17FN2O. The normalized spacial score (nSPS) is 16.6. The van der Waals surface area contributed by atoms with Gasteiger partial charge in [-0.2, -0.15) is 0 Å². The SMILES string of the molecule is C[C@H](N)C(=O)N(Cc1cccc(F)c1)C1CC1. The smallest absolute Gasteiger partial charge is 0.239 e. The highest BCUT2D eigenvalue weighted by molar-refractivity contribution is 5.81. The van der Waals surface area contributed by atoms with Gasteiger partial charge < -0.3 is 10.6 Å². The number of nitrogens with zero attached hydrogens (tertiary/aromatic N) is 1. The van der Waals surface area contributed by atoms with E-state index in [1.807, 2.05) is 6.07 Å². The summed E-state index contributed by atoms with van der Waals surface area (Å²) in [4.78, 5) is 13.7. The lowest BCUT2D eigenvalue weighted by molar-refractivity contribution is -0.133. The van der Waals surface area contributed by atoms with Gasteiger partial charge in [-0.1, -0.05) is 12.1 Å². The van der Waals surface area contributed by atoms with Crippen molar-refractivity contribution in [1.29, 1.82) is 0 Å². The second-order valence-electron chi connectivity index (χ2n) is 4.62. The lowest BCUT2D eigenvalue weighted by Gasteiger charge is -2.24. The Labute approximate surface area is 100 Å². The van der Waals surface area contributed by atoms with Crippen LogP contribution in [-0.2, 0) is 11.3 Å². The zero-order valence-corrected chi connectivity index (χ0v) is 9.90. The summed E-state index contributed by atoms with van der Waals surface area (Å²) >= 11 is 0. The molecule has 0 aromatic heterocycles. The molecule has 0 radical (unpaired) electrons. The van der Waals surface area contributed by atoms with Gasteiger partial charge >= 0.3 is 0 Å². The molecule has 0 saturated heterocycles. The third-order valence-electron chi connectivity index (χ3n) is 2.90. The molecule has 1 aromatic carbocycles. The van der Waals surface area contributed by atoms with Gasteiger partial charge in [-0.05, 0) is 37.5 Å². The van der Waals surface area contributed by atoms with E-state index in [4.69, 9.17) is 5.73 Å². The maximum absolute atomic E-state index is 13.1. The Balaban J connectivity index is 2.10. The van der Waals surface area contributed by atoms with Crippen LogP contribution in [0.15, 0.2) is 24.3 Å². The number of rotatable bonds is 4. The monoisotopic (exact) mass is 236 g/mol. The Morgan fingerprint density at radius 2 is 2.29 bits per heavy atom. The summed E-state index contributed by atoms with van der Waals surface area (Å²) in [7, 11) is 0. The average Bonchev–Trinajstić information content (AvgIpc) is 3.09. The first kappa shape index (κ1) is 12.0. The van der Waals surface area contributed by atoms with Crippen LogP contribution in [0.5, 0.6) is 0 Å². The molecule has 92 valence electrons. The predicted octanol–water partition coefficient (Wildman–Crippen LogP) is 1.66. The van der Waals surface area contributed by atoms with Crippen molar-refractivity contribution in [2.45, 2.75) is 38.4 Å². The van der Waals surface area contributed by atoms with Crippen LogP contribution in [0.4, 0.5) is 4.39 Å². The van der Waals surface area contributed by atoms with Crippen LogP contribution >= 0.6 is 0 Å². The number of carbonyl (C=O) groups excluding carboxylic acids is 1. The van der Waals surface area contributed by atoms with Crippen LogP contribution in [0.1, 0.15) is 25.3 Å². The molecule has 1 aliphatic rings. The molecule has 1 aromatic rings. The molecule has 1 atom stereocenters. The molecule has 3 nitrogen and oxygen atoms in total. The van der Waals surface area contributed by atoms with Crippen molar-refractivity contribution in [3.63, 3.8) is 0 Å². The van der Waals surface area contributed by atoms with Crippen molar-refractivity contribution in [3.8, 4) is 0 Å². The van der Waals surface area contributed by atoms with Gasteiger partial charge in [-0.3, -0.25) is 4.79 Å². The van der Waals surface area contributed by atoms with Crippen LogP contribution in [0.25, 0.3) is 0 Å². The standard InChI is InChI=1S/C13H17FN2O/c1-9(15)13(17)16(12-5-6-12)8-10-3-2-4-11(14)7-10/h2-4,7,9,12H,5-6,8,15H2,1H3/t9-/m0/s1. The molecule has 1 amide bonds. The molecule has 0 spiro atoms. The number of amides is 1. The fourth-order valence-electron chi connectivity index (χ4n) is 1.87. The summed E-state index contributed by atoms with van der Waals surface area (Å²) in [6.07, 6.45) is 2.04. The first-order chi connectivity index (χ1) is 8.08. The third kappa shape index (κ3) is 3.03. The third-order valence-corrected chi connectivity index (χ3v) is 2.90. The van der Waals surface area contributed by atoms with Gasteiger partial charge in [0.25, 0.3) is 0 Å². The van der Waals surface area contributed by atoms with Crippen molar-refractivity contribution in [1.82, 2.24) is 4.90 Å². The molecular weight excluding hydrogens is 219 g/mol. The highest BCUT2D eigenvalue weighted by Crippen LogP contribution is 2.28. The minimum absolute atomic E-state index is 0.0586. The Morgan fingerprint density at radius 1 is 1.59 bits per heavy atom. The number of hydrogen-bond donors (Lipinski definition) is 1. The number of benzene rings is 1. The summed E-state index contributed by atoms with van der Waals surface area (Å²) in [5.41, 5.74) is 6.43. The average molecular weight is 236 g/mol. The molecule has 1 fully saturated rings. The van der Waals surface area contributed by atoms with Gasteiger partial charge in [0.2, 0.25) is 5.91 Å². The van der Waals surface area contributed by atoms with Gasteiger partial charge in [-0.25, -0.2) is 4.39 Å². The highest BCUT2D eigenvalue weighted by Gasteiger charge is 2.33. The van der Waals surface area contributed by atoms with Gasteiger partial charge in [0.1, 0.15) is 5.82 Å². The van der Waals surface area contributed by atoms with Crippen molar-refractivity contribution in [3.05, 3.63) is 35.6 Å². The molecule has 0 aliphatic heterocycles. The van der Waals surface area contributed by atoms with E-state index in [2.05, 4.69) is 0 Å². The summed E-state index contributed by atoms with van der Waals surface area (Å²) in [5, 5.41) is 0. The van der Waals surface area contributed by atoms with E-state index in [-0.39, 0.29) is 17.8 Å². The Bertz CT molecular complexity index is 416. The van der Waals surface area contributed by atoms with Crippen molar-refractivity contribution >= 4 is 5.91 Å². The summed E-state index contributed by atoms with van der Waals surface area (Å²) in [6, 6.07) is 6.14. The van der Waals surface area contributed by atoms with Crippen LogP contribution in [0.3, 0.4) is 0 Å². The quantitative estimate of drug-likeness (QED) is 0.864.